The first-order chi connectivity index (χ1) is 6.56. The zero-order valence-corrected chi connectivity index (χ0v) is 9.29. The van der Waals surface area contributed by atoms with Gasteiger partial charge in [-0.25, -0.2) is 5.84 Å². The van der Waals surface area contributed by atoms with Crippen LogP contribution in [0.1, 0.15) is 26.7 Å². The smallest absolute Gasteiger partial charge is 0.237 e. The van der Waals surface area contributed by atoms with Gasteiger partial charge in [0, 0.05) is 18.5 Å². The van der Waals surface area contributed by atoms with E-state index in [1.54, 1.807) is 0 Å². The Kier molecular flexibility index (Phi) is 3.89. The molecule has 0 aromatic heterocycles. The lowest BCUT2D eigenvalue weighted by molar-refractivity contribution is -0.125. The normalized spacial score (nSPS) is 20.6. The van der Waals surface area contributed by atoms with Gasteiger partial charge in [0.25, 0.3) is 0 Å². The molecule has 2 unspecified atom stereocenters. The highest BCUT2D eigenvalue weighted by atomic mass is 16.2. The summed E-state index contributed by atoms with van der Waals surface area (Å²) >= 11 is 0. The van der Waals surface area contributed by atoms with Crippen molar-refractivity contribution in [2.45, 2.75) is 32.7 Å². The standard InChI is InChI=1S/C10H21N3O/c1-7(10(14)12-11)6-13(3)8(2)9-4-5-9/h7-9H,4-6,11H2,1-3H3,(H,12,14). The van der Waals surface area contributed by atoms with Gasteiger partial charge in [-0.3, -0.25) is 10.2 Å². The highest BCUT2D eigenvalue weighted by Gasteiger charge is 2.31. The maximum Gasteiger partial charge on any atom is 0.237 e. The third-order valence-corrected chi connectivity index (χ3v) is 3.15. The van der Waals surface area contributed by atoms with Crippen molar-refractivity contribution in [3.63, 3.8) is 0 Å². The molecule has 1 fully saturated rings. The number of rotatable bonds is 5. The summed E-state index contributed by atoms with van der Waals surface area (Å²) < 4.78 is 0. The van der Waals surface area contributed by atoms with Crippen LogP contribution in [0.25, 0.3) is 0 Å². The molecule has 1 rings (SSSR count). The molecule has 14 heavy (non-hydrogen) atoms. The van der Waals surface area contributed by atoms with Crippen molar-refractivity contribution < 1.29 is 4.79 Å². The van der Waals surface area contributed by atoms with Crippen molar-refractivity contribution in [1.29, 1.82) is 0 Å². The van der Waals surface area contributed by atoms with E-state index in [-0.39, 0.29) is 11.8 Å². The van der Waals surface area contributed by atoms with Crippen LogP contribution in [0.3, 0.4) is 0 Å². The minimum absolute atomic E-state index is 0.0359. The second-order valence-corrected chi connectivity index (χ2v) is 4.43. The van der Waals surface area contributed by atoms with Crippen molar-refractivity contribution in [2.75, 3.05) is 13.6 Å². The largest absolute Gasteiger partial charge is 0.303 e. The molecule has 1 amide bonds. The van der Waals surface area contributed by atoms with E-state index in [1.807, 2.05) is 6.92 Å². The van der Waals surface area contributed by atoms with E-state index in [0.29, 0.717) is 6.04 Å². The van der Waals surface area contributed by atoms with Crippen LogP contribution in [0, 0.1) is 11.8 Å². The minimum Gasteiger partial charge on any atom is -0.303 e. The molecule has 1 saturated carbocycles. The van der Waals surface area contributed by atoms with E-state index in [1.165, 1.54) is 12.8 Å². The molecule has 4 heteroatoms. The maximum absolute atomic E-state index is 11.2. The van der Waals surface area contributed by atoms with Gasteiger partial charge < -0.3 is 4.90 Å². The SMILES string of the molecule is CC(CN(C)C(C)C1CC1)C(=O)NN. The summed E-state index contributed by atoms with van der Waals surface area (Å²) in [7, 11) is 2.07. The lowest BCUT2D eigenvalue weighted by Gasteiger charge is -2.26. The molecule has 0 spiro atoms. The number of hydrazine groups is 1. The third-order valence-electron chi connectivity index (χ3n) is 3.15. The fraction of sp³-hybridized carbons (Fsp3) is 0.900. The Morgan fingerprint density at radius 1 is 1.57 bits per heavy atom. The quantitative estimate of drug-likeness (QED) is 0.381. The topological polar surface area (TPSA) is 58.4 Å². The molecular formula is C10H21N3O. The number of hydrogen-bond donors (Lipinski definition) is 2. The van der Waals surface area contributed by atoms with Crippen LogP contribution < -0.4 is 11.3 Å². The van der Waals surface area contributed by atoms with Gasteiger partial charge in [0.2, 0.25) is 5.91 Å². The number of nitrogens with one attached hydrogen (secondary N) is 1. The Labute approximate surface area is 85.8 Å². The van der Waals surface area contributed by atoms with E-state index in [0.717, 1.165) is 12.5 Å². The molecule has 3 N–H and O–H groups in total. The first-order valence-electron chi connectivity index (χ1n) is 5.27. The average Bonchev–Trinajstić information content (AvgIpc) is 2.98. The summed E-state index contributed by atoms with van der Waals surface area (Å²) in [6.45, 7) is 4.91. The second-order valence-electron chi connectivity index (χ2n) is 4.43. The first kappa shape index (κ1) is 11.5. The molecular weight excluding hydrogens is 178 g/mol. The van der Waals surface area contributed by atoms with Crippen molar-refractivity contribution in [3.8, 4) is 0 Å². The average molecular weight is 199 g/mol. The van der Waals surface area contributed by atoms with Crippen molar-refractivity contribution in [1.82, 2.24) is 10.3 Å². The number of carbonyl (C=O) groups is 1. The molecule has 0 saturated heterocycles. The summed E-state index contributed by atoms with van der Waals surface area (Å²) in [4.78, 5) is 13.4. The first-order valence-corrected chi connectivity index (χ1v) is 5.27. The van der Waals surface area contributed by atoms with Crippen LogP contribution in [-0.2, 0) is 4.79 Å². The van der Waals surface area contributed by atoms with Gasteiger partial charge in [0.05, 0.1) is 0 Å². The number of carbonyl (C=O) groups excluding carboxylic acids is 1. The van der Waals surface area contributed by atoms with Gasteiger partial charge in [-0.05, 0) is 32.7 Å². The highest BCUT2D eigenvalue weighted by molar-refractivity contribution is 5.77. The fourth-order valence-corrected chi connectivity index (χ4v) is 1.76. The van der Waals surface area contributed by atoms with Crippen molar-refractivity contribution in [2.24, 2.45) is 17.7 Å². The van der Waals surface area contributed by atoms with Crippen molar-refractivity contribution >= 4 is 5.91 Å². The van der Waals surface area contributed by atoms with Gasteiger partial charge in [0.15, 0.2) is 0 Å². The van der Waals surface area contributed by atoms with E-state index in [2.05, 4.69) is 24.3 Å². The molecule has 0 radical (unpaired) electrons. The predicted octanol–water partition coefficient (Wildman–Crippen LogP) is 0.343. The van der Waals surface area contributed by atoms with Gasteiger partial charge >= 0.3 is 0 Å². The number of nitrogens with zero attached hydrogens (tertiary/aromatic N) is 1. The van der Waals surface area contributed by atoms with Crippen LogP contribution >= 0.6 is 0 Å². The molecule has 1 aliphatic carbocycles. The molecule has 0 bridgehead atoms. The van der Waals surface area contributed by atoms with Crippen LogP contribution in [-0.4, -0.2) is 30.4 Å². The Balaban J connectivity index is 2.31. The predicted molar refractivity (Wildman–Crippen MR) is 56.3 cm³/mol. The van der Waals surface area contributed by atoms with Crippen LogP contribution in [0.2, 0.25) is 0 Å². The Bertz CT molecular complexity index is 204. The molecule has 82 valence electrons. The van der Waals surface area contributed by atoms with E-state index >= 15 is 0 Å². The monoisotopic (exact) mass is 199 g/mol. The molecule has 0 heterocycles. The molecule has 1 aliphatic rings. The summed E-state index contributed by atoms with van der Waals surface area (Å²) in [6.07, 6.45) is 2.67. The Morgan fingerprint density at radius 3 is 2.57 bits per heavy atom. The van der Waals surface area contributed by atoms with Gasteiger partial charge in [-0.2, -0.15) is 0 Å². The molecule has 0 aliphatic heterocycles. The molecule has 0 aromatic carbocycles. The Morgan fingerprint density at radius 2 is 2.14 bits per heavy atom. The minimum atomic E-state index is -0.0835. The van der Waals surface area contributed by atoms with Gasteiger partial charge in [-0.1, -0.05) is 6.92 Å². The van der Waals surface area contributed by atoms with E-state index in [4.69, 9.17) is 5.84 Å². The van der Waals surface area contributed by atoms with Crippen LogP contribution in [0.15, 0.2) is 0 Å². The summed E-state index contributed by atoms with van der Waals surface area (Å²) in [6, 6.07) is 0.586. The zero-order valence-electron chi connectivity index (χ0n) is 9.29. The fourth-order valence-electron chi connectivity index (χ4n) is 1.76. The third kappa shape index (κ3) is 2.96. The second kappa shape index (κ2) is 4.75. The van der Waals surface area contributed by atoms with Crippen molar-refractivity contribution in [3.05, 3.63) is 0 Å². The summed E-state index contributed by atoms with van der Waals surface area (Å²) in [5.41, 5.74) is 2.19. The maximum atomic E-state index is 11.2. The molecule has 4 nitrogen and oxygen atoms in total. The van der Waals surface area contributed by atoms with Crippen LogP contribution in [0.4, 0.5) is 0 Å². The van der Waals surface area contributed by atoms with Gasteiger partial charge in [0.1, 0.15) is 0 Å². The summed E-state index contributed by atoms with van der Waals surface area (Å²) in [5, 5.41) is 0. The van der Waals surface area contributed by atoms with E-state index in [9.17, 15) is 4.79 Å². The molecule has 2 atom stereocenters. The van der Waals surface area contributed by atoms with Gasteiger partial charge in [-0.15, -0.1) is 0 Å². The highest BCUT2D eigenvalue weighted by Crippen LogP contribution is 2.34. The Hall–Kier alpha value is -0.610. The van der Waals surface area contributed by atoms with Crippen LogP contribution in [0.5, 0.6) is 0 Å². The molecule has 0 aromatic rings. The van der Waals surface area contributed by atoms with E-state index < -0.39 is 0 Å². The zero-order chi connectivity index (χ0) is 10.7. The lowest BCUT2D eigenvalue weighted by Crippen LogP contribution is -2.42. The lowest BCUT2D eigenvalue weighted by atomic mass is 10.1. The number of amides is 1. The summed E-state index contributed by atoms with van der Waals surface area (Å²) in [5.74, 6) is 5.80. The number of nitrogens with two attached hydrogens (primary N) is 1. The number of hydrogen-bond acceptors (Lipinski definition) is 3.